The second-order valence-electron chi connectivity index (χ2n) is 10.4. The average Bonchev–Trinajstić information content (AvgIpc) is 3.23. The molecule has 0 aliphatic heterocycles. The van der Waals surface area contributed by atoms with E-state index in [9.17, 15) is 5.21 Å². The number of oxime groups is 1. The van der Waals surface area contributed by atoms with E-state index >= 15 is 0 Å². The topological polar surface area (TPSA) is 88.0 Å². The van der Waals surface area contributed by atoms with Gasteiger partial charge in [-0.1, -0.05) is 25.9 Å². The maximum atomic E-state index is 10.2. The van der Waals surface area contributed by atoms with E-state index in [-0.39, 0.29) is 11.1 Å². The predicted molar refractivity (Wildman–Crippen MR) is 148 cm³/mol. The normalized spacial score (nSPS) is 17.2. The molecule has 1 N–H and O–H groups in total. The lowest BCUT2D eigenvalue weighted by molar-refractivity contribution is 0.241. The molecule has 1 aliphatic carbocycles. The van der Waals surface area contributed by atoms with E-state index in [0.29, 0.717) is 40.9 Å². The van der Waals surface area contributed by atoms with Crippen LogP contribution in [-0.4, -0.2) is 60.9 Å². The van der Waals surface area contributed by atoms with Crippen LogP contribution in [0, 0.1) is 0 Å². The van der Waals surface area contributed by atoms with Crippen molar-refractivity contribution in [3.63, 3.8) is 0 Å². The third kappa shape index (κ3) is 5.43. The molecule has 0 saturated carbocycles. The summed E-state index contributed by atoms with van der Waals surface area (Å²) in [5.41, 5.74) is 3.61. The Bertz CT molecular complexity index is 1170. The van der Waals surface area contributed by atoms with Gasteiger partial charge in [0.05, 0.1) is 47.4 Å². The van der Waals surface area contributed by atoms with Crippen molar-refractivity contribution < 1.29 is 33.3 Å². The summed E-state index contributed by atoms with van der Waals surface area (Å²) >= 11 is 0. The largest absolute Gasteiger partial charge is 0.497 e. The third-order valence-electron chi connectivity index (χ3n) is 7.27. The van der Waals surface area contributed by atoms with E-state index in [1.165, 1.54) is 0 Å². The molecule has 0 aromatic heterocycles. The first kappa shape index (κ1) is 28.4. The molecule has 1 aliphatic rings. The monoisotopic (exact) mass is 529 g/mol. The Balaban J connectivity index is 2.41. The van der Waals surface area contributed by atoms with Gasteiger partial charge in [0, 0.05) is 23.1 Å². The fourth-order valence-electron chi connectivity index (χ4n) is 4.30. The Kier molecular flexibility index (Phi) is 8.49. The SMILES string of the molecule is COc1ccc(OC)c(C2=C(c3cc(OC)c(OC)c(OC)c3)/C(=N/O)CC2O[Si](C)(C)C(C)(C)C)c1. The van der Waals surface area contributed by atoms with Crippen LogP contribution in [-0.2, 0) is 4.43 Å². The molecule has 202 valence electrons. The number of rotatable bonds is 9. The van der Waals surface area contributed by atoms with Crippen molar-refractivity contribution in [3.05, 3.63) is 41.5 Å². The molecule has 2 aromatic rings. The predicted octanol–water partition coefficient (Wildman–Crippen LogP) is 6.26. The lowest BCUT2D eigenvalue weighted by Crippen LogP contribution is -2.43. The molecule has 1 unspecified atom stereocenters. The molecule has 0 saturated heterocycles. The van der Waals surface area contributed by atoms with E-state index in [0.717, 1.165) is 22.3 Å². The van der Waals surface area contributed by atoms with Crippen LogP contribution in [0.25, 0.3) is 11.1 Å². The summed E-state index contributed by atoms with van der Waals surface area (Å²) < 4.78 is 35.1. The third-order valence-corrected chi connectivity index (χ3v) is 11.8. The summed E-state index contributed by atoms with van der Waals surface area (Å²) in [5.74, 6) is 2.79. The van der Waals surface area contributed by atoms with Gasteiger partial charge < -0.3 is 33.3 Å². The molecule has 0 fully saturated rings. The Hall–Kier alpha value is -3.17. The van der Waals surface area contributed by atoms with Crippen molar-refractivity contribution in [1.82, 2.24) is 0 Å². The minimum atomic E-state index is -2.23. The number of hydrogen-bond acceptors (Lipinski definition) is 8. The van der Waals surface area contributed by atoms with Gasteiger partial charge in [0.2, 0.25) is 5.75 Å². The van der Waals surface area contributed by atoms with Crippen LogP contribution in [0.1, 0.15) is 38.3 Å². The van der Waals surface area contributed by atoms with Crippen molar-refractivity contribution in [1.29, 1.82) is 0 Å². The van der Waals surface area contributed by atoms with E-state index in [2.05, 4.69) is 39.0 Å². The standard InChI is InChI=1S/C28H39NO7Si/c1-28(2,3)37(9,10)36-22-16-20(29-30)25(17-13-23(33-6)27(35-8)24(14-17)34-7)26(22)19-15-18(31-4)11-12-21(19)32-5/h11-15,22,30H,16H2,1-10H3/b29-20+. The zero-order valence-electron chi connectivity index (χ0n) is 23.5. The lowest BCUT2D eigenvalue weighted by atomic mass is 9.94. The summed E-state index contributed by atoms with van der Waals surface area (Å²) in [6, 6.07) is 9.34. The number of ether oxygens (including phenoxy) is 5. The van der Waals surface area contributed by atoms with Crippen LogP contribution < -0.4 is 23.7 Å². The Morgan fingerprint density at radius 3 is 1.89 bits per heavy atom. The van der Waals surface area contributed by atoms with Gasteiger partial charge in [-0.05, 0) is 54.0 Å². The molecule has 37 heavy (non-hydrogen) atoms. The molecular formula is C28H39NO7Si. The van der Waals surface area contributed by atoms with Gasteiger partial charge in [0.25, 0.3) is 0 Å². The Labute approximate surface area is 220 Å². The van der Waals surface area contributed by atoms with Crippen LogP contribution in [0.4, 0.5) is 0 Å². The van der Waals surface area contributed by atoms with E-state index in [4.69, 9.17) is 28.1 Å². The zero-order valence-corrected chi connectivity index (χ0v) is 24.5. The van der Waals surface area contributed by atoms with E-state index in [1.807, 2.05) is 30.3 Å². The Morgan fingerprint density at radius 2 is 1.43 bits per heavy atom. The first-order chi connectivity index (χ1) is 17.5. The lowest BCUT2D eigenvalue weighted by Gasteiger charge is -2.39. The van der Waals surface area contributed by atoms with Gasteiger partial charge in [-0.2, -0.15) is 0 Å². The Morgan fingerprint density at radius 1 is 0.838 bits per heavy atom. The van der Waals surface area contributed by atoms with Gasteiger partial charge in [0.1, 0.15) is 11.5 Å². The molecule has 1 atom stereocenters. The second kappa shape index (κ2) is 11.1. The highest BCUT2D eigenvalue weighted by Gasteiger charge is 2.44. The molecule has 0 amide bonds. The summed E-state index contributed by atoms with van der Waals surface area (Å²) in [6.45, 7) is 11.0. The minimum absolute atomic E-state index is 0.0254. The van der Waals surface area contributed by atoms with Crippen molar-refractivity contribution in [3.8, 4) is 28.7 Å². The highest BCUT2D eigenvalue weighted by Crippen LogP contribution is 2.49. The molecular weight excluding hydrogens is 490 g/mol. The van der Waals surface area contributed by atoms with Crippen molar-refractivity contribution in [2.75, 3.05) is 35.5 Å². The zero-order chi connectivity index (χ0) is 27.5. The summed E-state index contributed by atoms with van der Waals surface area (Å²) in [6.07, 6.45) is 0.0203. The quantitative estimate of drug-likeness (QED) is 0.233. The maximum absolute atomic E-state index is 10.2. The van der Waals surface area contributed by atoms with Crippen LogP contribution in [0.15, 0.2) is 35.5 Å². The number of benzene rings is 2. The minimum Gasteiger partial charge on any atom is -0.497 e. The van der Waals surface area contributed by atoms with E-state index < -0.39 is 8.32 Å². The number of nitrogens with zero attached hydrogens (tertiary/aromatic N) is 1. The molecule has 9 heteroatoms. The van der Waals surface area contributed by atoms with Crippen LogP contribution in [0.3, 0.4) is 0 Å². The highest BCUT2D eigenvalue weighted by molar-refractivity contribution is 6.74. The molecule has 0 bridgehead atoms. The highest BCUT2D eigenvalue weighted by atomic mass is 28.4. The van der Waals surface area contributed by atoms with Gasteiger partial charge >= 0.3 is 0 Å². The smallest absolute Gasteiger partial charge is 0.203 e. The maximum Gasteiger partial charge on any atom is 0.203 e. The number of allylic oxidation sites excluding steroid dienone is 1. The number of methoxy groups -OCH3 is 5. The summed E-state index contributed by atoms with van der Waals surface area (Å²) in [5, 5.41) is 13.9. The van der Waals surface area contributed by atoms with Crippen LogP contribution >= 0.6 is 0 Å². The van der Waals surface area contributed by atoms with Gasteiger partial charge in [-0.15, -0.1) is 0 Å². The van der Waals surface area contributed by atoms with Crippen LogP contribution in [0.2, 0.25) is 18.1 Å². The number of hydrogen-bond donors (Lipinski definition) is 1. The van der Waals surface area contributed by atoms with Crippen LogP contribution in [0.5, 0.6) is 28.7 Å². The molecule has 0 radical (unpaired) electrons. The first-order valence-electron chi connectivity index (χ1n) is 12.1. The van der Waals surface area contributed by atoms with Gasteiger partial charge in [-0.25, -0.2) is 0 Å². The van der Waals surface area contributed by atoms with E-state index in [1.54, 1.807) is 35.5 Å². The van der Waals surface area contributed by atoms with Gasteiger partial charge in [0.15, 0.2) is 19.8 Å². The molecule has 0 spiro atoms. The second-order valence-corrected chi connectivity index (χ2v) is 15.1. The molecule has 8 nitrogen and oxygen atoms in total. The molecule has 2 aromatic carbocycles. The van der Waals surface area contributed by atoms with Gasteiger partial charge in [-0.3, -0.25) is 0 Å². The van der Waals surface area contributed by atoms with Crippen molar-refractivity contribution >= 4 is 25.2 Å². The fourth-order valence-corrected chi connectivity index (χ4v) is 5.57. The first-order valence-corrected chi connectivity index (χ1v) is 15.0. The summed E-state index contributed by atoms with van der Waals surface area (Å²) in [7, 11) is 5.72. The average molecular weight is 530 g/mol. The molecule has 0 heterocycles. The summed E-state index contributed by atoms with van der Waals surface area (Å²) in [4.78, 5) is 0. The van der Waals surface area contributed by atoms with Crippen molar-refractivity contribution in [2.45, 2.75) is 51.4 Å². The molecule has 3 rings (SSSR count). The van der Waals surface area contributed by atoms with Crippen molar-refractivity contribution in [2.24, 2.45) is 5.16 Å². The fraction of sp³-hybridized carbons (Fsp3) is 0.464.